The van der Waals surface area contributed by atoms with E-state index in [1.165, 1.54) is 31.4 Å². The molecule has 0 radical (unpaired) electrons. The number of nitrogens with one attached hydrogen (secondary N) is 2. The van der Waals surface area contributed by atoms with E-state index in [2.05, 4.69) is 15.2 Å². The fraction of sp³-hybridized carbons (Fsp3) is 0.364. The molecule has 0 spiro atoms. The van der Waals surface area contributed by atoms with Gasteiger partial charge in [0.25, 0.3) is 0 Å². The highest BCUT2D eigenvalue weighted by Crippen LogP contribution is 2.24. The minimum Gasteiger partial charge on any atom is -0.346 e. The first-order valence-corrected chi connectivity index (χ1v) is 10.4. The van der Waals surface area contributed by atoms with Crippen LogP contribution in [-0.4, -0.2) is 32.6 Å². The largest absolute Gasteiger partial charge is 0.346 e. The summed E-state index contributed by atoms with van der Waals surface area (Å²) >= 11 is 5.74. The van der Waals surface area contributed by atoms with Crippen molar-refractivity contribution in [3.63, 3.8) is 0 Å². The van der Waals surface area contributed by atoms with E-state index in [0.717, 1.165) is 48.4 Å². The number of halogens is 1. The Balaban J connectivity index is 1.47. The van der Waals surface area contributed by atoms with Crippen LogP contribution in [0.25, 0.3) is 11.0 Å². The molecule has 1 aliphatic carbocycles. The zero-order valence-corrected chi connectivity index (χ0v) is 16.6. The second-order valence-corrected chi connectivity index (χ2v) is 7.76. The van der Waals surface area contributed by atoms with Crippen molar-refractivity contribution in [1.82, 2.24) is 14.9 Å². The average molecular weight is 397 g/mol. The van der Waals surface area contributed by atoms with Gasteiger partial charge in [0.1, 0.15) is 11.6 Å². The predicted octanol–water partition coefficient (Wildman–Crippen LogP) is 5.28. The van der Waals surface area contributed by atoms with Gasteiger partial charge in [-0.2, -0.15) is 0 Å². The third-order valence-electron chi connectivity index (χ3n) is 5.40. The molecule has 4 rings (SSSR count). The maximum atomic E-state index is 13.2. The third-order valence-corrected chi connectivity index (χ3v) is 5.74. The Morgan fingerprint density at radius 3 is 2.61 bits per heavy atom. The first-order chi connectivity index (χ1) is 13.7. The topological polar surface area (TPSA) is 44.0 Å². The van der Waals surface area contributed by atoms with Gasteiger partial charge in [0.2, 0.25) is 0 Å². The van der Waals surface area contributed by atoms with E-state index < -0.39 is 0 Å². The van der Waals surface area contributed by atoms with E-state index in [-0.39, 0.29) is 5.82 Å². The number of thiocarbonyl (C=S) groups is 1. The molecule has 2 N–H and O–H groups in total. The molecule has 4 nitrogen and oxygen atoms in total. The van der Waals surface area contributed by atoms with Crippen LogP contribution in [0.1, 0.15) is 37.9 Å². The van der Waals surface area contributed by atoms with Gasteiger partial charge in [-0.25, -0.2) is 9.37 Å². The highest BCUT2D eigenvalue weighted by Gasteiger charge is 2.23. The molecule has 1 aliphatic rings. The number of fused-ring (bicyclic) bond motifs is 1. The van der Waals surface area contributed by atoms with Crippen molar-refractivity contribution in [1.29, 1.82) is 0 Å². The van der Waals surface area contributed by atoms with Crippen molar-refractivity contribution >= 4 is 34.1 Å². The van der Waals surface area contributed by atoms with Crippen molar-refractivity contribution < 1.29 is 4.39 Å². The Kier molecular flexibility index (Phi) is 5.86. The summed E-state index contributed by atoms with van der Waals surface area (Å²) in [5.74, 6) is 0.733. The van der Waals surface area contributed by atoms with Gasteiger partial charge in [0, 0.05) is 24.7 Å². The van der Waals surface area contributed by atoms with E-state index >= 15 is 0 Å². The Morgan fingerprint density at radius 1 is 1.11 bits per heavy atom. The van der Waals surface area contributed by atoms with E-state index in [1.54, 1.807) is 12.1 Å². The Hall–Kier alpha value is -2.47. The number of aromatic nitrogens is 2. The molecule has 0 unspecified atom stereocenters. The van der Waals surface area contributed by atoms with Crippen LogP contribution in [0, 0.1) is 5.82 Å². The SMILES string of the molecule is Fc1ccc(NC(=S)N(CCc2nc3ccccc3[nH]2)C2CCCCC2)cc1. The zero-order chi connectivity index (χ0) is 19.3. The molecule has 1 fully saturated rings. The lowest BCUT2D eigenvalue weighted by atomic mass is 9.94. The zero-order valence-electron chi connectivity index (χ0n) is 15.8. The molecule has 1 saturated carbocycles. The van der Waals surface area contributed by atoms with Crippen molar-refractivity contribution in [2.24, 2.45) is 0 Å². The summed E-state index contributed by atoms with van der Waals surface area (Å²) in [7, 11) is 0. The number of H-pyrrole nitrogens is 1. The smallest absolute Gasteiger partial charge is 0.173 e. The molecule has 1 heterocycles. The van der Waals surface area contributed by atoms with Crippen LogP contribution < -0.4 is 5.32 Å². The normalized spacial score (nSPS) is 14.9. The summed E-state index contributed by atoms with van der Waals surface area (Å²) in [5, 5.41) is 3.99. The van der Waals surface area contributed by atoms with Crippen LogP contribution in [0.15, 0.2) is 48.5 Å². The Morgan fingerprint density at radius 2 is 1.86 bits per heavy atom. The number of benzene rings is 2. The molecule has 0 bridgehead atoms. The molecular formula is C22H25FN4S. The van der Waals surface area contributed by atoms with Crippen molar-refractivity contribution in [2.45, 2.75) is 44.6 Å². The number of para-hydroxylation sites is 2. The lowest BCUT2D eigenvalue weighted by Crippen LogP contribution is -2.44. The second kappa shape index (κ2) is 8.69. The monoisotopic (exact) mass is 396 g/mol. The highest BCUT2D eigenvalue weighted by molar-refractivity contribution is 7.80. The van der Waals surface area contributed by atoms with Crippen LogP contribution >= 0.6 is 12.2 Å². The summed E-state index contributed by atoms with van der Waals surface area (Å²) in [5.41, 5.74) is 2.87. The van der Waals surface area contributed by atoms with Crippen molar-refractivity contribution in [2.75, 3.05) is 11.9 Å². The minimum absolute atomic E-state index is 0.245. The summed E-state index contributed by atoms with van der Waals surface area (Å²) in [6, 6.07) is 14.9. The van der Waals surface area contributed by atoms with Crippen LogP contribution in [0.3, 0.4) is 0 Å². The Bertz CT molecular complexity index is 898. The lowest BCUT2D eigenvalue weighted by Gasteiger charge is -2.36. The number of hydrogen-bond donors (Lipinski definition) is 2. The van der Waals surface area contributed by atoms with Gasteiger partial charge in [-0.3, -0.25) is 0 Å². The van der Waals surface area contributed by atoms with Crippen molar-refractivity contribution in [3.05, 3.63) is 60.2 Å². The van der Waals surface area contributed by atoms with Crippen LogP contribution in [0.2, 0.25) is 0 Å². The summed E-state index contributed by atoms with van der Waals surface area (Å²) in [4.78, 5) is 10.4. The van der Waals surface area contributed by atoms with Gasteiger partial charge >= 0.3 is 0 Å². The van der Waals surface area contributed by atoms with Gasteiger partial charge in [-0.15, -0.1) is 0 Å². The number of rotatable bonds is 5. The molecular weight excluding hydrogens is 371 g/mol. The molecule has 6 heteroatoms. The minimum atomic E-state index is -0.245. The average Bonchev–Trinajstić information content (AvgIpc) is 3.13. The summed E-state index contributed by atoms with van der Waals surface area (Å²) < 4.78 is 13.2. The standard InChI is InChI=1S/C22H25FN4S/c23-16-10-12-17(13-11-16)24-22(28)27(18-6-2-1-3-7-18)15-14-21-25-19-8-4-5-9-20(19)26-21/h4-5,8-13,18H,1-3,6-7,14-15H2,(H,24,28)(H,25,26). The van der Waals surface area contributed by atoms with E-state index in [4.69, 9.17) is 17.2 Å². The number of aromatic amines is 1. The van der Waals surface area contributed by atoms with Gasteiger partial charge in [0.15, 0.2) is 5.11 Å². The van der Waals surface area contributed by atoms with Gasteiger partial charge < -0.3 is 15.2 Å². The highest BCUT2D eigenvalue weighted by atomic mass is 32.1. The van der Waals surface area contributed by atoms with Gasteiger partial charge in [-0.05, 0) is 61.5 Å². The molecule has 0 amide bonds. The fourth-order valence-electron chi connectivity index (χ4n) is 3.92. The van der Waals surface area contributed by atoms with Crippen LogP contribution in [0.5, 0.6) is 0 Å². The molecule has 28 heavy (non-hydrogen) atoms. The lowest BCUT2D eigenvalue weighted by molar-refractivity contribution is 0.247. The van der Waals surface area contributed by atoms with E-state index in [0.29, 0.717) is 11.2 Å². The first-order valence-electron chi connectivity index (χ1n) is 9.96. The molecule has 0 atom stereocenters. The number of anilines is 1. The molecule has 3 aromatic rings. The molecule has 0 aliphatic heterocycles. The van der Waals surface area contributed by atoms with Gasteiger partial charge in [-0.1, -0.05) is 31.4 Å². The van der Waals surface area contributed by atoms with E-state index in [1.807, 2.05) is 24.3 Å². The summed E-state index contributed by atoms with van der Waals surface area (Å²) in [6.45, 7) is 0.803. The maximum absolute atomic E-state index is 13.2. The third kappa shape index (κ3) is 4.50. The van der Waals surface area contributed by atoms with Crippen LogP contribution in [0.4, 0.5) is 10.1 Å². The van der Waals surface area contributed by atoms with Crippen molar-refractivity contribution in [3.8, 4) is 0 Å². The molecule has 146 valence electrons. The van der Waals surface area contributed by atoms with Gasteiger partial charge in [0.05, 0.1) is 11.0 Å². The predicted molar refractivity (Wildman–Crippen MR) is 116 cm³/mol. The summed E-state index contributed by atoms with van der Waals surface area (Å²) in [6.07, 6.45) is 6.90. The number of nitrogens with zero attached hydrogens (tertiary/aromatic N) is 2. The molecule has 2 aromatic carbocycles. The van der Waals surface area contributed by atoms with E-state index in [9.17, 15) is 4.39 Å². The first kappa shape index (κ1) is 18.9. The molecule has 1 aromatic heterocycles. The van der Waals surface area contributed by atoms with Crippen LogP contribution in [-0.2, 0) is 6.42 Å². The number of hydrogen-bond acceptors (Lipinski definition) is 2. The number of imidazole rings is 1. The Labute approximate surface area is 170 Å². The molecule has 0 saturated heterocycles. The quantitative estimate of drug-likeness (QED) is 0.576. The second-order valence-electron chi connectivity index (χ2n) is 7.37. The maximum Gasteiger partial charge on any atom is 0.173 e. The fourth-order valence-corrected chi connectivity index (χ4v) is 4.28.